The predicted molar refractivity (Wildman–Crippen MR) is 99.0 cm³/mol. The Morgan fingerprint density at radius 1 is 0.960 bits per heavy atom. The Labute approximate surface area is 148 Å². The summed E-state index contributed by atoms with van der Waals surface area (Å²) < 4.78 is 15.9. The second kappa shape index (κ2) is 8.28. The number of hydrogen-bond acceptors (Lipinski definition) is 5. The van der Waals surface area contributed by atoms with Crippen molar-refractivity contribution in [3.05, 3.63) is 42.0 Å². The monoisotopic (exact) mass is 344 g/mol. The molecule has 134 valence electrons. The van der Waals surface area contributed by atoms with E-state index in [2.05, 4.69) is 10.6 Å². The van der Waals surface area contributed by atoms with Crippen LogP contribution in [-0.4, -0.2) is 33.3 Å². The third-order valence-corrected chi connectivity index (χ3v) is 3.73. The summed E-state index contributed by atoms with van der Waals surface area (Å²) in [5.41, 5.74) is 2.55. The van der Waals surface area contributed by atoms with Crippen molar-refractivity contribution in [2.45, 2.75) is 19.9 Å². The molecule has 6 heteroatoms. The topological polar surface area (TPSA) is 68.8 Å². The number of methoxy groups -OCH3 is 3. The van der Waals surface area contributed by atoms with Crippen LogP contribution in [0.25, 0.3) is 0 Å². The van der Waals surface area contributed by atoms with E-state index in [0.717, 1.165) is 11.3 Å². The van der Waals surface area contributed by atoms with Crippen molar-refractivity contribution in [2.24, 2.45) is 0 Å². The van der Waals surface area contributed by atoms with E-state index in [1.54, 1.807) is 40.4 Å². The van der Waals surface area contributed by atoms with Crippen LogP contribution in [-0.2, 0) is 4.79 Å². The SMILES string of the molecule is COc1cc(N[C@H](C)C(=O)Nc2cccc(C)c2)cc(OC)c1OC. The van der Waals surface area contributed by atoms with Crippen molar-refractivity contribution >= 4 is 17.3 Å². The smallest absolute Gasteiger partial charge is 0.246 e. The summed E-state index contributed by atoms with van der Waals surface area (Å²) in [6.07, 6.45) is 0. The van der Waals surface area contributed by atoms with Gasteiger partial charge in [-0.1, -0.05) is 12.1 Å². The molecule has 0 bridgehead atoms. The summed E-state index contributed by atoms with van der Waals surface area (Å²) in [6, 6.07) is 10.7. The molecule has 0 fully saturated rings. The van der Waals surface area contributed by atoms with Gasteiger partial charge in [0.2, 0.25) is 11.7 Å². The van der Waals surface area contributed by atoms with E-state index in [-0.39, 0.29) is 5.91 Å². The number of ether oxygens (including phenoxy) is 3. The van der Waals surface area contributed by atoms with Crippen molar-refractivity contribution in [3.63, 3.8) is 0 Å². The summed E-state index contributed by atoms with van der Waals surface area (Å²) in [7, 11) is 4.65. The summed E-state index contributed by atoms with van der Waals surface area (Å²) in [5, 5.41) is 6.04. The Morgan fingerprint density at radius 3 is 2.12 bits per heavy atom. The average molecular weight is 344 g/mol. The van der Waals surface area contributed by atoms with Gasteiger partial charge in [0.1, 0.15) is 6.04 Å². The first-order valence-electron chi connectivity index (χ1n) is 7.92. The number of carbonyl (C=O) groups excluding carboxylic acids is 1. The summed E-state index contributed by atoms with van der Waals surface area (Å²) in [5.74, 6) is 1.41. The van der Waals surface area contributed by atoms with Crippen LogP contribution in [0.1, 0.15) is 12.5 Å². The number of benzene rings is 2. The van der Waals surface area contributed by atoms with Crippen molar-refractivity contribution in [3.8, 4) is 17.2 Å². The molecule has 0 radical (unpaired) electrons. The molecule has 0 spiro atoms. The summed E-state index contributed by atoms with van der Waals surface area (Å²) >= 11 is 0. The number of anilines is 2. The zero-order chi connectivity index (χ0) is 18.4. The normalized spacial score (nSPS) is 11.4. The maximum Gasteiger partial charge on any atom is 0.246 e. The first-order chi connectivity index (χ1) is 12.0. The third-order valence-electron chi connectivity index (χ3n) is 3.73. The van der Waals surface area contributed by atoms with Gasteiger partial charge in [-0.05, 0) is 31.5 Å². The van der Waals surface area contributed by atoms with Crippen LogP contribution in [0.5, 0.6) is 17.2 Å². The second-order valence-corrected chi connectivity index (χ2v) is 5.64. The summed E-state index contributed by atoms with van der Waals surface area (Å²) in [4.78, 5) is 12.4. The van der Waals surface area contributed by atoms with Gasteiger partial charge in [0.15, 0.2) is 11.5 Å². The fraction of sp³-hybridized carbons (Fsp3) is 0.316. The molecule has 0 heterocycles. The van der Waals surface area contributed by atoms with Gasteiger partial charge in [0, 0.05) is 23.5 Å². The van der Waals surface area contributed by atoms with Crippen molar-refractivity contribution < 1.29 is 19.0 Å². The minimum absolute atomic E-state index is 0.139. The first kappa shape index (κ1) is 18.4. The highest BCUT2D eigenvalue weighted by atomic mass is 16.5. The van der Waals surface area contributed by atoms with Crippen LogP contribution in [0.4, 0.5) is 11.4 Å². The molecule has 0 aliphatic carbocycles. The Bertz CT molecular complexity index is 721. The molecule has 25 heavy (non-hydrogen) atoms. The highest BCUT2D eigenvalue weighted by Gasteiger charge is 2.17. The number of aryl methyl sites for hydroxylation is 1. The lowest BCUT2D eigenvalue weighted by Gasteiger charge is -2.18. The largest absolute Gasteiger partial charge is 0.493 e. The van der Waals surface area contributed by atoms with Gasteiger partial charge in [-0.2, -0.15) is 0 Å². The predicted octanol–water partition coefficient (Wildman–Crippen LogP) is 3.46. The molecule has 0 aromatic heterocycles. The fourth-order valence-corrected chi connectivity index (χ4v) is 2.45. The molecule has 1 amide bonds. The van der Waals surface area contributed by atoms with Crippen LogP contribution in [0.15, 0.2) is 36.4 Å². The minimum Gasteiger partial charge on any atom is -0.493 e. The number of nitrogens with one attached hydrogen (secondary N) is 2. The molecule has 0 aliphatic rings. The number of amides is 1. The number of rotatable bonds is 7. The lowest BCUT2D eigenvalue weighted by molar-refractivity contribution is -0.116. The third kappa shape index (κ3) is 4.56. The molecule has 0 aliphatic heterocycles. The molecule has 1 atom stereocenters. The second-order valence-electron chi connectivity index (χ2n) is 5.64. The molecule has 0 saturated heterocycles. The van der Waals surface area contributed by atoms with Crippen LogP contribution in [0, 0.1) is 6.92 Å². The highest BCUT2D eigenvalue weighted by molar-refractivity contribution is 5.96. The van der Waals surface area contributed by atoms with Gasteiger partial charge >= 0.3 is 0 Å². The van der Waals surface area contributed by atoms with Gasteiger partial charge in [-0.15, -0.1) is 0 Å². The molecule has 0 saturated carbocycles. The Morgan fingerprint density at radius 2 is 1.60 bits per heavy atom. The van der Waals surface area contributed by atoms with Crippen LogP contribution in [0.2, 0.25) is 0 Å². The lowest BCUT2D eigenvalue weighted by Crippen LogP contribution is -2.31. The van der Waals surface area contributed by atoms with E-state index in [1.165, 1.54) is 0 Å². The van der Waals surface area contributed by atoms with E-state index in [0.29, 0.717) is 22.9 Å². The highest BCUT2D eigenvalue weighted by Crippen LogP contribution is 2.40. The Hall–Kier alpha value is -2.89. The molecular formula is C19H24N2O4. The summed E-state index contributed by atoms with van der Waals surface area (Å²) in [6.45, 7) is 3.77. The molecule has 2 N–H and O–H groups in total. The first-order valence-corrected chi connectivity index (χ1v) is 7.92. The van der Waals surface area contributed by atoms with E-state index < -0.39 is 6.04 Å². The van der Waals surface area contributed by atoms with Gasteiger partial charge in [-0.3, -0.25) is 4.79 Å². The van der Waals surface area contributed by atoms with Gasteiger partial charge in [-0.25, -0.2) is 0 Å². The minimum atomic E-state index is -0.455. The van der Waals surface area contributed by atoms with Crippen molar-refractivity contribution in [2.75, 3.05) is 32.0 Å². The zero-order valence-corrected chi connectivity index (χ0v) is 15.2. The molecular weight excluding hydrogens is 320 g/mol. The fourth-order valence-electron chi connectivity index (χ4n) is 2.45. The molecule has 0 unspecified atom stereocenters. The molecule has 2 aromatic rings. The van der Waals surface area contributed by atoms with Crippen LogP contribution in [0.3, 0.4) is 0 Å². The number of carbonyl (C=O) groups is 1. The lowest BCUT2D eigenvalue weighted by atomic mass is 10.2. The molecule has 2 rings (SSSR count). The van der Waals surface area contributed by atoms with Gasteiger partial charge < -0.3 is 24.8 Å². The zero-order valence-electron chi connectivity index (χ0n) is 15.2. The van der Waals surface area contributed by atoms with Crippen LogP contribution >= 0.6 is 0 Å². The Kier molecular flexibility index (Phi) is 6.11. The van der Waals surface area contributed by atoms with Gasteiger partial charge in [0.05, 0.1) is 21.3 Å². The van der Waals surface area contributed by atoms with Crippen molar-refractivity contribution in [1.29, 1.82) is 0 Å². The Balaban J connectivity index is 2.13. The van der Waals surface area contributed by atoms with Crippen LogP contribution < -0.4 is 24.8 Å². The van der Waals surface area contributed by atoms with E-state index >= 15 is 0 Å². The molecule has 2 aromatic carbocycles. The standard InChI is InChI=1S/C19H24N2O4/c1-12-7-6-8-14(9-12)21-19(22)13(2)20-15-10-16(23-3)18(25-5)17(11-15)24-4/h6-11,13,20H,1-5H3,(H,21,22)/t13-/m1/s1. The molecule has 6 nitrogen and oxygen atoms in total. The average Bonchev–Trinajstić information content (AvgIpc) is 2.60. The van der Waals surface area contributed by atoms with Gasteiger partial charge in [0.25, 0.3) is 0 Å². The van der Waals surface area contributed by atoms with Crippen molar-refractivity contribution in [1.82, 2.24) is 0 Å². The quantitative estimate of drug-likeness (QED) is 0.805. The van der Waals surface area contributed by atoms with E-state index in [1.807, 2.05) is 31.2 Å². The van der Waals surface area contributed by atoms with E-state index in [9.17, 15) is 4.79 Å². The number of hydrogen-bond donors (Lipinski definition) is 2. The maximum absolute atomic E-state index is 12.4. The maximum atomic E-state index is 12.4. The van der Waals surface area contributed by atoms with E-state index in [4.69, 9.17) is 14.2 Å².